The highest BCUT2D eigenvalue weighted by Crippen LogP contribution is 2.31. The summed E-state index contributed by atoms with van der Waals surface area (Å²) in [6.45, 7) is 2.08. The molecule has 0 radical (unpaired) electrons. The summed E-state index contributed by atoms with van der Waals surface area (Å²) in [4.78, 5) is 0. The van der Waals surface area contributed by atoms with Gasteiger partial charge in [0.1, 0.15) is 5.58 Å². The molecule has 2 aromatic carbocycles. The molecule has 98 valence electrons. The Hall–Kier alpha value is -2.11. The van der Waals surface area contributed by atoms with Crippen LogP contribution in [-0.4, -0.2) is 6.26 Å². The van der Waals surface area contributed by atoms with Crippen molar-refractivity contribution < 1.29 is 4.42 Å². The molecule has 3 aromatic rings. The minimum atomic E-state index is 0.880. The first kappa shape index (κ1) is 12.9. The average Bonchev–Trinajstić information content (AvgIpc) is 2.84. The summed E-state index contributed by atoms with van der Waals surface area (Å²) >= 11 is 1.59. The molecular weight excluding hydrogens is 264 g/mol. The van der Waals surface area contributed by atoms with Crippen LogP contribution in [0.2, 0.25) is 0 Å². The molecule has 0 atom stereocenters. The molecule has 1 heterocycles. The normalized spacial score (nSPS) is 10.3. The van der Waals surface area contributed by atoms with Gasteiger partial charge in [0.25, 0.3) is 0 Å². The summed E-state index contributed by atoms with van der Waals surface area (Å²) in [7, 11) is 0. The first-order valence-electron chi connectivity index (χ1n) is 6.42. The van der Waals surface area contributed by atoms with E-state index < -0.39 is 0 Å². The maximum Gasteiger partial charge on any atom is 0.176 e. The first-order valence-corrected chi connectivity index (χ1v) is 7.64. The predicted molar refractivity (Wildman–Crippen MR) is 85.2 cm³/mol. The molecule has 0 bridgehead atoms. The number of fused-ring (bicyclic) bond motifs is 1. The van der Waals surface area contributed by atoms with Crippen LogP contribution < -0.4 is 0 Å². The molecular formula is C18H14OS. The van der Waals surface area contributed by atoms with Crippen LogP contribution >= 0.6 is 11.8 Å². The van der Waals surface area contributed by atoms with Crippen molar-refractivity contribution in [2.45, 2.75) is 12.0 Å². The van der Waals surface area contributed by atoms with Crippen molar-refractivity contribution in [1.82, 2.24) is 0 Å². The molecule has 0 N–H and O–H groups in total. The Balaban J connectivity index is 2.08. The monoisotopic (exact) mass is 278 g/mol. The van der Waals surface area contributed by atoms with Crippen LogP contribution in [0.1, 0.15) is 16.7 Å². The van der Waals surface area contributed by atoms with Crippen LogP contribution in [0.3, 0.4) is 0 Å². The molecule has 0 amide bonds. The molecule has 0 fully saturated rings. The van der Waals surface area contributed by atoms with Gasteiger partial charge in [-0.2, -0.15) is 0 Å². The zero-order valence-electron chi connectivity index (χ0n) is 11.4. The molecule has 0 aliphatic carbocycles. The van der Waals surface area contributed by atoms with Crippen LogP contribution in [-0.2, 0) is 0 Å². The second-order valence-electron chi connectivity index (χ2n) is 4.58. The van der Waals surface area contributed by atoms with Gasteiger partial charge in [0, 0.05) is 10.9 Å². The highest BCUT2D eigenvalue weighted by molar-refractivity contribution is 7.98. The van der Waals surface area contributed by atoms with Crippen LogP contribution in [0, 0.1) is 18.8 Å². The van der Waals surface area contributed by atoms with Gasteiger partial charge in [0.15, 0.2) is 5.09 Å². The number of hydrogen-bond donors (Lipinski definition) is 0. The van der Waals surface area contributed by atoms with Crippen molar-refractivity contribution in [2.75, 3.05) is 6.26 Å². The third-order valence-corrected chi connectivity index (χ3v) is 3.79. The van der Waals surface area contributed by atoms with Gasteiger partial charge in [-0.1, -0.05) is 53.4 Å². The number of benzene rings is 2. The number of aryl methyl sites for hydroxylation is 1. The highest BCUT2D eigenvalue weighted by atomic mass is 32.2. The predicted octanol–water partition coefficient (Wildman–Crippen LogP) is 4.86. The van der Waals surface area contributed by atoms with Gasteiger partial charge in [-0.3, -0.25) is 0 Å². The Morgan fingerprint density at radius 1 is 0.950 bits per heavy atom. The first-order chi connectivity index (χ1) is 9.78. The lowest BCUT2D eigenvalue weighted by Gasteiger charge is -1.92. The third kappa shape index (κ3) is 2.45. The summed E-state index contributed by atoms with van der Waals surface area (Å²) in [5.74, 6) is 6.48. The van der Waals surface area contributed by atoms with Crippen LogP contribution in [0.15, 0.2) is 58.0 Å². The lowest BCUT2D eigenvalue weighted by molar-refractivity contribution is 0.514. The van der Waals surface area contributed by atoms with Gasteiger partial charge in [-0.15, -0.1) is 0 Å². The lowest BCUT2D eigenvalue weighted by Crippen LogP contribution is -1.77. The topological polar surface area (TPSA) is 13.1 Å². The van der Waals surface area contributed by atoms with Gasteiger partial charge in [0.2, 0.25) is 0 Å². The number of thioether (sulfide) groups is 1. The molecule has 20 heavy (non-hydrogen) atoms. The van der Waals surface area contributed by atoms with E-state index in [-0.39, 0.29) is 0 Å². The Bertz CT molecular complexity index is 801. The SMILES string of the molecule is CSc1oc2ccccc2c1C#Cc1ccc(C)cc1. The van der Waals surface area contributed by atoms with Gasteiger partial charge < -0.3 is 4.42 Å². The van der Waals surface area contributed by atoms with Crippen molar-refractivity contribution in [3.8, 4) is 11.8 Å². The van der Waals surface area contributed by atoms with Crippen molar-refractivity contribution >= 4 is 22.7 Å². The standard InChI is InChI=1S/C18H14OS/c1-13-7-9-14(10-8-13)11-12-16-15-5-3-4-6-17(15)19-18(16)20-2/h3-10H,1-2H3. The van der Waals surface area contributed by atoms with Crippen molar-refractivity contribution in [1.29, 1.82) is 0 Å². The minimum Gasteiger partial charge on any atom is -0.449 e. The van der Waals surface area contributed by atoms with Crippen LogP contribution in [0.25, 0.3) is 11.0 Å². The fourth-order valence-corrected chi connectivity index (χ4v) is 2.59. The molecule has 0 aliphatic rings. The molecule has 0 saturated carbocycles. The Morgan fingerprint density at radius 2 is 1.70 bits per heavy atom. The second kappa shape index (κ2) is 5.48. The largest absolute Gasteiger partial charge is 0.449 e. The van der Waals surface area contributed by atoms with Crippen molar-refractivity contribution in [2.24, 2.45) is 0 Å². The maximum absolute atomic E-state index is 5.82. The number of rotatable bonds is 1. The molecule has 1 aromatic heterocycles. The van der Waals surface area contributed by atoms with E-state index in [0.717, 1.165) is 27.2 Å². The lowest BCUT2D eigenvalue weighted by atomic mass is 10.1. The molecule has 0 unspecified atom stereocenters. The molecule has 0 saturated heterocycles. The quantitative estimate of drug-likeness (QED) is 0.465. The van der Waals surface area contributed by atoms with Gasteiger partial charge in [0.05, 0.1) is 5.56 Å². The molecule has 0 spiro atoms. The molecule has 0 aliphatic heterocycles. The van der Waals surface area contributed by atoms with Crippen LogP contribution in [0.5, 0.6) is 0 Å². The fourth-order valence-electron chi connectivity index (χ4n) is 2.06. The van der Waals surface area contributed by atoms with E-state index in [9.17, 15) is 0 Å². The number of furan rings is 1. The van der Waals surface area contributed by atoms with E-state index in [1.54, 1.807) is 11.8 Å². The van der Waals surface area contributed by atoms with E-state index in [0.29, 0.717) is 0 Å². The van der Waals surface area contributed by atoms with Crippen molar-refractivity contribution in [3.05, 3.63) is 65.2 Å². The summed E-state index contributed by atoms with van der Waals surface area (Å²) in [5, 5.41) is 1.96. The smallest absolute Gasteiger partial charge is 0.176 e. The molecule has 2 heteroatoms. The van der Waals surface area contributed by atoms with E-state index >= 15 is 0 Å². The summed E-state index contributed by atoms with van der Waals surface area (Å²) < 4.78 is 5.82. The Kier molecular flexibility index (Phi) is 3.54. The highest BCUT2D eigenvalue weighted by Gasteiger charge is 2.10. The average molecular weight is 278 g/mol. The van der Waals surface area contributed by atoms with Gasteiger partial charge in [-0.25, -0.2) is 0 Å². The molecule has 1 nitrogen and oxygen atoms in total. The second-order valence-corrected chi connectivity index (χ2v) is 5.36. The molecule has 3 rings (SSSR count). The minimum absolute atomic E-state index is 0.880. The van der Waals surface area contributed by atoms with Gasteiger partial charge >= 0.3 is 0 Å². The Labute approximate surface area is 123 Å². The zero-order valence-corrected chi connectivity index (χ0v) is 12.3. The fraction of sp³-hybridized carbons (Fsp3) is 0.111. The number of hydrogen-bond acceptors (Lipinski definition) is 2. The van der Waals surface area contributed by atoms with Crippen LogP contribution in [0.4, 0.5) is 0 Å². The van der Waals surface area contributed by atoms with Crippen molar-refractivity contribution in [3.63, 3.8) is 0 Å². The van der Waals surface area contributed by atoms with E-state index in [1.807, 2.05) is 36.6 Å². The summed E-state index contributed by atoms with van der Waals surface area (Å²) in [6.07, 6.45) is 2.01. The van der Waals surface area contributed by atoms with E-state index in [2.05, 4.69) is 37.0 Å². The zero-order chi connectivity index (χ0) is 13.9. The van der Waals surface area contributed by atoms with E-state index in [1.165, 1.54) is 5.56 Å². The number of para-hydroxylation sites is 1. The summed E-state index contributed by atoms with van der Waals surface area (Å²) in [5.41, 5.74) is 4.14. The maximum atomic E-state index is 5.82. The third-order valence-electron chi connectivity index (χ3n) is 3.13. The summed E-state index contributed by atoms with van der Waals surface area (Å²) in [6, 6.07) is 16.3. The van der Waals surface area contributed by atoms with E-state index in [4.69, 9.17) is 4.42 Å². The van der Waals surface area contributed by atoms with Gasteiger partial charge in [-0.05, 0) is 37.4 Å². The Morgan fingerprint density at radius 3 is 2.45 bits per heavy atom.